The van der Waals surface area contributed by atoms with Crippen molar-refractivity contribution in [2.75, 3.05) is 13.2 Å². The molecular weight excluding hydrogens is 407 g/mol. The van der Waals surface area contributed by atoms with Gasteiger partial charge in [0.2, 0.25) is 0 Å². The van der Waals surface area contributed by atoms with Crippen LogP contribution >= 0.6 is 0 Å². The number of benzene rings is 3. The maximum Gasteiger partial charge on any atom is 0.255 e. The van der Waals surface area contributed by atoms with E-state index in [4.69, 9.17) is 4.74 Å². The van der Waals surface area contributed by atoms with Crippen LogP contribution < -0.4 is 10.1 Å². The van der Waals surface area contributed by atoms with Crippen LogP contribution in [0, 0.1) is 5.82 Å². The summed E-state index contributed by atoms with van der Waals surface area (Å²) in [4.78, 5) is 16.5. The summed E-state index contributed by atoms with van der Waals surface area (Å²) in [6.07, 6.45) is 3.12. The zero-order chi connectivity index (χ0) is 22.1. The Labute approximate surface area is 184 Å². The summed E-state index contributed by atoms with van der Waals surface area (Å²) in [5.41, 5.74) is 5.08. The van der Waals surface area contributed by atoms with E-state index in [0.29, 0.717) is 30.8 Å². The third kappa shape index (κ3) is 3.85. The van der Waals surface area contributed by atoms with Crippen molar-refractivity contribution in [3.05, 3.63) is 89.4 Å². The van der Waals surface area contributed by atoms with Crippen molar-refractivity contribution in [1.82, 2.24) is 10.3 Å². The molecule has 4 aromatic rings. The second kappa shape index (κ2) is 8.48. The van der Waals surface area contributed by atoms with Crippen molar-refractivity contribution in [3.8, 4) is 16.9 Å². The van der Waals surface area contributed by atoms with E-state index in [1.165, 1.54) is 12.1 Å². The molecule has 1 aliphatic heterocycles. The fourth-order valence-electron chi connectivity index (χ4n) is 4.28. The first-order chi connectivity index (χ1) is 15.6. The molecule has 0 radical (unpaired) electrons. The standard InChI is InChI=1S/C26H23FN2O3/c27-20-7-5-16(6-8-20)18-11-17-9-10-32-25(17)23(13-18)26(31)29-21(15-30)12-19-14-28-24-4-2-1-3-22(19)24/h1-8,11,13-14,21,28,30H,9-10,12,15H2,(H,29,31)/t21-/m1/s1. The van der Waals surface area contributed by atoms with Crippen LogP contribution in [0.15, 0.2) is 66.9 Å². The molecule has 5 rings (SSSR count). The molecule has 1 atom stereocenters. The van der Waals surface area contributed by atoms with Gasteiger partial charge in [0.25, 0.3) is 5.91 Å². The molecule has 0 unspecified atom stereocenters. The van der Waals surface area contributed by atoms with Crippen LogP contribution in [-0.2, 0) is 12.8 Å². The van der Waals surface area contributed by atoms with Gasteiger partial charge >= 0.3 is 0 Å². The lowest BCUT2D eigenvalue weighted by atomic mass is 9.97. The lowest BCUT2D eigenvalue weighted by molar-refractivity contribution is 0.0913. The first-order valence-electron chi connectivity index (χ1n) is 10.6. The van der Waals surface area contributed by atoms with Crippen LogP contribution in [-0.4, -0.2) is 35.3 Å². The van der Waals surface area contributed by atoms with Crippen molar-refractivity contribution in [3.63, 3.8) is 0 Å². The third-order valence-corrected chi connectivity index (χ3v) is 5.90. The zero-order valence-electron chi connectivity index (χ0n) is 17.4. The van der Waals surface area contributed by atoms with Crippen LogP contribution in [0.3, 0.4) is 0 Å². The quantitative estimate of drug-likeness (QED) is 0.428. The molecule has 3 aromatic carbocycles. The number of aromatic amines is 1. The van der Waals surface area contributed by atoms with Crippen LogP contribution in [0.2, 0.25) is 0 Å². The highest BCUT2D eigenvalue weighted by molar-refractivity contribution is 5.99. The molecule has 5 nitrogen and oxygen atoms in total. The van der Waals surface area contributed by atoms with E-state index >= 15 is 0 Å². The van der Waals surface area contributed by atoms with Gasteiger partial charge in [0.1, 0.15) is 11.6 Å². The first kappa shape index (κ1) is 20.3. The summed E-state index contributed by atoms with van der Waals surface area (Å²) in [6.45, 7) is 0.327. The van der Waals surface area contributed by atoms with Crippen molar-refractivity contribution < 1.29 is 19.0 Å². The number of rotatable bonds is 6. The van der Waals surface area contributed by atoms with Gasteiger partial charge in [-0.25, -0.2) is 4.39 Å². The van der Waals surface area contributed by atoms with Gasteiger partial charge in [-0.3, -0.25) is 4.79 Å². The van der Waals surface area contributed by atoms with E-state index in [1.807, 2.05) is 36.5 Å². The number of aliphatic hydroxyl groups excluding tert-OH is 1. The van der Waals surface area contributed by atoms with Crippen LogP contribution in [0.5, 0.6) is 5.75 Å². The van der Waals surface area contributed by atoms with E-state index in [0.717, 1.165) is 33.2 Å². The molecule has 1 aliphatic rings. The minimum atomic E-state index is -0.451. The van der Waals surface area contributed by atoms with Gasteiger partial charge in [0.05, 0.1) is 24.8 Å². The Morgan fingerprint density at radius 2 is 1.94 bits per heavy atom. The van der Waals surface area contributed by atoms with E-state index < -0.39 is 6.04 Å². The molecule has 0 fully saturated rings. The molecule has 0 saturated carbocycles. The summed E-state index contributed by atoms with van der Waals surface area (Å²) >= 11 is 0. The highest BCUT2D eigenvalue weighted by atomic mass is 19.1. The number of amides is 1. The molecule has 162 valence electrons. The SMILES string of the molecule is O=C(N[C@@H](CO)Cc1c[nH]c2ccccc12)c1cc(-c2ccc(F)cc2)cc2c1OCC2. The van der Waals surface area contributed by atoms with Crippen molar-refractivity contribution in [2.24, 2.45) is 0 Å². The summed E-state index contributed by atoms with van der Waals surface area (Å²) in [7, 11) is 0. The molecule has 0 saturated heterocycles. The van der Waals surface area contributed by atoms with Gasteiger partial charge in [0.15, 0.2) is 0 Å². The number of hydrogen-bond acceptors (Lipinski definition) is 3. The normalized spacial score (nSPS) is 13.6. The van der Waals surface area contributed by atoms with Gasteiger partial charge in [-0.05, 0) is 59.0 Å². The molecule has 0 bridgehead atoms. The van der Waals surface area contributed by atoms with E-state index in [9.17, 15) is 14.3 Å². The summed E-state index contributed by atoms with van der Waals surface area (Å²) < 4.78 is 19.1. The van der Waals surface area contributed by atoms with Gasteiger partial charge in [-0.2, -0.15) is 0 Å². The van der Waals surface area contributed by atoms with E-state index in [-0.39, 0.29) is 18.3 Å². The maximum absolute atomic E-state index is 13.4. The number of aliphatic hydroxyl groups is 1. The van der Waals surface area contributed by atoms with Crippen LogP contribution in [0.4, 0.5) is 4.39 Å². The number of hydrogen-bond donors (Lipinski definition) is 3. The molecule has 6 heteroatoms. The van der Waals surface area contributed by atoms with Gasteiger partial charge in [-0.15, -0.1) is 0 Å². The minimum Gasteiger partial charge on any atom is -0.492 e. The highest BCUT2D eigenvalue weighted by Gasteiger charge is 2.24. The van der Waals surface area contributed by atoms with Gasteiger partial charge in [-0.1, -0.05) is 30.3 Å². The van der Waals surface area contributed by atoms with Gasteiger partial charge in [0, 0.05) is 23.5 Å². The number of aromatic nitrogens is 1. The molecule has 0 spiro atoms. The number of carbonyl (C=O) groups excluding carboxylic acids is 1. The second-order valence-electron chi connectivity index (χ2n) is 8.03. The van der Waals surface area contributed by atoms with Crippen molar-refractivity contribution in [1.29, 1.82) is 0 Å². The second-order valence-corrected chi connectivity index (χ2v) is 8.03. The lowest BCUT2D eigenvalue weighted by Gasteiger charge is -2.18. The Kier molecular flexibility index (Phi) is 5.37. The monoisotopic (exact) mass is 430 g/mol. The Hall–Kier alpha value is -3.64. The molecule has 3 N–H and O–H groups in total. The first-order valence-corrected chi connectivity index (χ1v) is 10.6. The Bertz CT molecular complexity index is 1280. The Balaban J connectivity index is 1.42. The zero-order valence-corrected chi connectivity index (χ0v) is 17.4. The Morgan fingerprint density at radius 3 is 2.75 bits per heavy atom. The fraction of sp³-hybridized carbons (Fsp3) is 0.192. The molecule has 1 aromatic heterocycles. The van der Waals surface area contributed by atoms with E-state index in [1.54, 1.807) is 18.2 Å². The number of H-pyrrole nitrogens is 1. The smallest absolute Gasteiger partial charge is 0.255 e. The predicted molar refractivity (Wildman–Crippen MR) is 121 cm³/mol. The summed E-state index contributed by atoms with van der Waals surface area (Å²) in [5, 5.41) is 14.0. The summed E-state index contributed by atoms with van der Waals surface area (Å²) in [6, 6.07) is 17.4. The van der Waals surface area contributed by atoms with E-state index in [2.05, 4.69) is 10.3 Å². The predicted octanol–water partition coefficient (Wildman–Crippen LogP) is 4.24. The van der Waals surface area contributed by atoms with Crippen LogP contribution in [0.1, 0.15) is 21.5 Å². The van der Waals surface area contributed by atoms with Gasteiger partial charge < -0.3 is 20.1 Å². The molecular formula is C26H23FN2O3. The summed E-state index contributed by atoms with van der Waals surface area (Å²) in [5.74, 6) is -0.0255. The average Bonchev–Trinajstić information content (AvgIpc) is 3.45. The number of nitrogens with one attached hydrogen (secondary N) is 2. The number of ether oxygens (including phenoxy) is 1. The topological polar surface area (TPSA) is 74.4 Å². The highest BCUT2D eigenvalue weighted by Crippen LogP contribution is 2.35. The number of carbonyl (C=O) groups is 1. The molecule has 0 aliphatic carbocycles. The van der Waals surface area contributed by atoms with Crippen molar-refractivity contribution >= 4 is 16.8 Å². The molecule has 1 amide bonds. The van der Waals surface area contributed by atoms with Crippen LogP contribution in [0.25, 0.3) is 22.0 Å². The largest absolute Gasteiger partial charge is 0.492 e. The number of fused-ring (bicyclic) bond motifs is 2. The lowest BCUT2D eigenvalue weighted by Crippen LogP contribution is -2.39. The third-order valence-electron chi connectivity index (χ3n) is 5.90. The molecule has 32 heavy (non-hydrogen) atoms. The Morgan fingerprint density at radius 1 is 1.12 bits per heavy atom. The maximum atomic E-state index is 13.4. The molecule has 2 heterocycles. The fourth-order valence-corrected chi connectivity index (χ4v) is 4.28. The number of halogens is 1. The minimum absolute atomic E-state index is 0.189. The number of para-hydroxylation sites is 1. The van der Waals surface area contributed by atoms with Crippen molar-refractivity contribution in [2.45, 2.75) is 18.9 Å². The average molecular weight is 430 g/mol.